The van der Waals surface area contributed by atoms with Gasteiger partial charge in [-0.1, -0.05) is 36.8 Å². The number of nitriles is 1. The van der Waals surface area contributed by atoms with Crippen LogP contribution < -0.4 is 10.6 Å². The summed E-state index contributed by atoms with van der Waals surface area (Å²) in [7, 11) is 0. The van der Waals surface area contributed by atoms with E-state index in [2.05, 4.69) is 15.6 Å². The molecule has 0 fully saturated rings. The standard InChI is InChI=1S/C11H15ClN4OS/c1-7(2)6-15-9(17)3-4-14-11-16-10(12)8(5-13)18-11/h7H,3-4,6H2,1-2H3,(H,14,16)(H,15,17). The molecule has 0 saturated carbocycles. The zero-order chi connectivity index (χ0) is 13.5. The third kappa shape index (κ3) is 4.90. The third-order valence-corrected chi connectivity index (χ3v) is 3.33. The van der Waals surface area contributed by atoms with Crippen LogP contribution in [0.5, 0.6) is 0 Å². The molecule has 0 unspecified atom stereocenters. The number of amides is 1. The molecular formula is C11H15ClN4OS. The predicted molar refractivity (Wildman–Crippen MR) is 72.8 cm³/mol. The summed E-state index contributed by atoms with van der Waals surface area (Å²) in [5.41, 5.74) is 0. The molecule has 0 radical (unpaired) electrons. The molecule has 7 heteroatoms. The summed E-state index contributed by atoms with van der Waals surface area (Å²) in [6.45, 7) is 5.23. The van der Waals surface area contributed by atoms with Crippen LogP contribution in [0.15, 0.2) is 0 Å². The number of rotatable bonds is 6. The highest BCUT2D eigenvalue weighted by molar-refractivity contribution is 7.16. The second-order valence-corrected chi connectivity index (χ2v) is 5.48. The van der Waals surface area contributed by atoms with Gasteiger partial charge in [0.15, 0.2) is 10.3 Å². The number of carbonyl (C=O) groups is 1. The van der Waals surface area contributed by atoms with Crippen molar-refractivity contribution < 1.29 is 4.79 Å². The number of thiazole rings is 1. The van der Waals surface area contributed by atoms with Gasteiger partial charge < -0.3 is 10.6 Å². The molecule has 5 nitrogen and oxygen atoms in total. The summed E-state index contributed by atoms with van der Waals surface area (Å²) >= 11 is 6.91. The van der Waals surface area contributed by atoms with E-state index in [1.807, 2.05) is 19.9 Å². The number of halogens is 1. The molecule has 18 heavy (non-hydrogen) atoms. The Morgan fingerprint density at radius 1 is 1.61 bits per heavy atom. The smallest absolute Gasteiger partial charge is 0.221 e. The number of nitrogens with zero attached hydrogens (tertiary/aromatic N) is 2. The van der Waals surface area contributed by atoms with Gasteiger partial charge in [0.1, 0.15) is 10.9 Å². The predicted octanol–water partition coefficient (Wildman–Crippen LogP) is 2.24. The molecule has 1 aromatic rings. The largest absolute Gasteiger partial charge is 0.361 e. The molecule has 98 valence electrons. The molecule has 0 atom stereocenters. The highest BCUT2D eigenvalue weighted by Gasteiger charge is 2.08. The summed E-state index contributed by atoms with van der Waals surface area (Å²) in [5.74, 6) is 0.442. The van der Waals surface area contributed by atoms with Gasteiger partial charge in [0.2, 0.25) is 5.91 Å². The summed E-state index contributed by atoms with van der Waals surface area (Å²) in [6, 6.07) is 1.95. The minimum atomic E-state index is -0.000593. The molecule has 0 saturated heterocycles. The van der Waals surface area contributed by atoms with Crippen LogP contribution in [0.3, 0.4) is 0 Å². The Hall–Kier alpha value is -1.32. The number of carbonyl (C=O) groups excluding carboxylic acids is 1. The van der Waals surface area contributed by atoms with E-state index in [1.165, 1.54) is 11.3 Å². The van der Waals surface area contributed by atoms with E-state index in [1.54, 1.807) is 0 Å². The SMILES string of the molecule is CC(C)CNC(=O)CCNc1nc(Cl)c(C#N)s1. The van der Waals surface area contributed by atoms with Crippen LogP contribution in [-0.2, 0) is 4.79 Å². The van der Waals surface area contributed by atoms with Crippen molar-refractivity contribution in [1.29, 1.82) is 5.26 Å². The maximum atomic E-state index is 11.4. The number of hydrogen-bond acceptors (Lipinski definition) is 5. The average Bonchev–Trinajstić information content (AvgIpc) is 2.67. The lowest BCUT2D eigenvalue weighted by atomic mass is 10.2. The molecule has 0 aliphatic rings. The number of anilines is 1. The Bertz CT molecular complexity index is 452. The van der Waals surface area contributed by atoms with E-state index in [0.717, 1.165) is 0 Å². The first-order chi connectivity index (χ1) is 8.52. The maximum Gasteiger partial charge on any atom is 0.221 e. The minimum Gasteiger partial charge on any atom is -0.361 e. The quantitative estimate of drug-likeness (QED) is 0.841. The molecular weight excluding hydrogens is 272 g/mol. The van der Waals surface area contributed by atoms with Crippen LogP contribution in [0.1, 0.15) is 25.1 Å². The zero-order valence-electron chi connectivity index (χ0n) is 10.3. The zero-order valence-corrected chi connectivity index (χ0v) is 11.9. The summed E-state index contributed by atoms with van der Waals surface area (Å²) < 4.78 is 0. The van der Waals surface area contributed by atoms with Crippen molar-refractivity contribution in [2.24, 2.45) is 5.92 Å². The molecule has 0 aliphatic heterocycles. The summed E-state index contributed by atoms with van der Waals surface area (Å²) in [5, 5.41) is 15.3. The summed E-state index contributed by atoms with van der Waals surface area (Å²) in [4.78, 5) is 15.8. The van der Waals surface area contributed by atoms with Crippen LogP contribution in [0.4, 0.5) is 5.13 Å². The highest BCUT2D eigenvalue weighted by atomic mass is 35.5. The minimum absolute atomic E-state index is 0.000593. The molecule has 2 N–H and O–H groups in total. The Morgan fingerprint density at radius 3 is 2.89 bits per heavy atom. The lowest BCUT2D eigenvalue weighted by Gasteiger charge is -2.07. The maximum absolute atomic E-state index is 11.4. The molecule has 1 aromatic heterocycles. The van der Waals surface area contributed by atoms with Gasteiger partial charge in [0, 0.05) is 19.5 Å². The third-order valence-electron chi connectivity index (χ3n) is 2.02. The Labute approximate surface area is 115 Å². The van der Waals surface area contributed by atoms with Crippen molar-refractivity contribution in [3.05, 3.63) is 10.0 Å². The first-order valence-corrected chi connectivity index (χ1v) is 6.79. The van der Waals surface area contributed by atoms with Gasteiger partial charge in [-0.05, 0) is 5.92 Å². The first kappa shape index (κ1) is 14.7. The van der Waals surface area contributed by atoms with E-state index in [-0.39, 0.29) is 11.1 Å². The van der Waals surface area contributed by atoms with Crippen molar-refractivity contribution in [2.75, 3.05) is 18.4 Å². The lowest BCUT2D eigenvalue weighted by molar-refractivity contribution is -0.120. The first-order valence-electron chi connectivity index (χ1n) is 5.60. The van der Waals surface area contributed by atoms with E-state index < -0.39 is 0 Å². The molecule has 0 spiro atoms. The molecule has 1 rings (SSSR count). The second kappa shape index (κ2) is 7.19. The Kier molecular flexibility index (Phi) is 5.89. The lowest BCUT2D eigenvalue weighted by Crippen LogP contribution is -2.28. The van der Waals surface area contributed by atoms with Crippen molar-refractivity contribution >= 4 is 34.0 Å². The van der Waals surface area contributed by atoms with E-state index in [0.29, 0.717) is 35.4 Å². The fraction of sp³-hybridized carbons (Fsp3) is 0.545. The van der Waals surface area contributed by atoms with E-state index in [9.17, 15) is 4.79 Å². The Balaban J connectivity index is 2.29. The van der Waals surface area contributed by atoms with Crippen LogP contribution in [0.25, 0.3) is 0 Å². The molecule has 1 heterocycles. The second-order valence-electron chi connectivity index (χ2n) is 4.13. The van der Waals surface area contributed by atoms with Crippen molar-refractivity contribution in [2.45, 2.75) is 20.3 Å². The summed E-state index contributed by atoms with van der Waals surface area (Å²) in [6.07, 6.45) is 0.367. The van der Waals surface area contributed by atoms with E-state index in [4.69, 9.17) is 16.9 Å². The average molecular weight is 287 g/mol. The van der Waals surface area contributed by atoms with Crippen LogP contribution >= 0.6 is 22.9 Å². The molecule has 0 aliphatic carbocycles. The van der Waals surface area contributed by atoms with Crippen molar-refractivity contribution in [3.8, 4) is 6.07 Å². The van der Waals surface area contributed by atoms with Gasteiger partial charge >= 0.3 is 0 Å². The number of aromatic nitrogens is 1. The van der Waals surface area contributed by atoms with Gasteiger partial charge in [-0.3, -0.25) is 4.79 Å². The number of nitrogens with one attached hydrogen (secondary N) is 2. The van der Waals surface area contributed by atoms with Gasteiger partial charge in [0.05, 0.1) is 0 Å². The van der Waals surface area contributed by atoms with Gasteiger partial charge in [-0.15, -0.1) is 0 Å². The van der Waals surface area contributed by atoms with Gasteiger partial charge in [0.25, 0.3) is 0 Å². The molecule has 0 bridgehead atoms. The van der Waals surface area contributed by atoms with Crippen LogP contribution in [0.2, 0.25) is 5.15 Å². The molecule has 1 amide bonds. The normalized spacial score (nSPS) is 10.2. The topological polar surface area (TPSA) is 77.8 Å². The number of hydrogen-bond donors (Lipinski definition) is 2. The van der Waals surface area contributed by atoms with Gasteiger partial charge in [-0.25, -0.2) is 4.98 Å². The van der Waals surface area contributed by atoms with Crippen LogP contribution in [0, 0.1) is 17.2 Å². The van der Waals surface area contributed by atoms with Crippen molar-refractivity contribution in [3.63, 3.8) is 0 Å². The van der Waals surface area contributed by atoms with Gasteiger partial charge in [-0.2, -0.15) is 5.26 Å². The highest BCUT2D eigenvalue weighted by Crippen LogP contribution is 2.25. The monoisotopic (exact) mass is 286 g/mol. The molecule has 0 aromatic carbocycles. The fourth-order valence-electron chi connectivity index (χ4n) is 1.14. The Morgan fingerprint density at radius 2 is 2.33 bits per heavy atom. The van der Waals surface area contributed by atoms with Crippen molar-refractivity contribution in [1.82, 2.24) is 10.3 Å². The van der Waals surface area contributed by atoms with E-state index >= 15 is 0 Å². The fourth-order valence-corrected chi connectivity index (χ4v) is 2.11. The van der Waals surface area contributed by atoms with Crippen LogP contribution in [-0.4, -0.2) is 24.0 Å².